The van der Waals surface area contributed by atoms with E-state index in [2.05, 4.69) is 26.1 Å². The molecule has 0 radical (unpaired) electrons. The molecular weight excluding hydrogens is 214 g/mol. The molecule has 0 aromatic carbocycles. The first-order valence-corrected chi connectivity index (χ1v) is 6.86. The van der Waals surface area contributed by atoms with E-state index in [1.54, 1.807) is 0 Å². The molecule has 2 fully saturated rings. The van der Waals surface area contributed by atoms with Crippen molar-refractivity contribution in [2.75, 3.05) is 0 Å². The Labute approximate surface area is 104 Å². The summed E-state index contributed by atoms with van der Waals surface area (Å²) in [6.07, 6.45) is 4.64. The largest absolute Gasteiger partial charge is 0.391 e. The van der Waals surface area contributed by atoms with Crippen LogP contribution in [0.25, 0.3) is 0 Å². The van der Waals surface area contributed by atoms with Crippen molar-refractivity contribution in [2.45, 2.75) is 65.0 Å². The van der Waals surface area contributed by atoms with Gasteiger partial charge in [-0.3, -0.25) is 4.79 Å². The van der Waals surface area contributed by atoms with E-state index in [0.29, 0.717) is 5.92 Å². The molecule has 2 N–H and O–H groups in total. The van der Waals surface area contributed by atoms with E-state index in [0.717, 1.165) is 25.7 Å². The highest BCUT2D eigenvalue weighted by molar-refractivity contribution is 5.79. The molecule has 98 valence electrons. The maximum absolute atomic E-state index is 12.2. The topological polar surface area (TPSA) is 49.3 Å². The average Bonchev–Trinajstić information content (AvgIpc) is 2.20. The number of nitrogens with one attached hydrogen (secondary N) is 1. The molecule has 4 atom stereocenters. The Bertz CT molecular complexity index is 301. The first kappa shape index (κ1) is 12.9. The number of hydrogen-bond acceptors (Lipinski definition) is 2. The van der Waals surface area contributed by atoms with Crippen molar-refractivity contribution in [1.29, 1.82) is 0 Å². The minimum Gasteiger partial charge on any atom is -0.391 e. The van der Waals surface area contributed by atoms with Crippen molar-refractivity contribution in [3.63, 3.8) is 0 Å². The van der Waals surface area contributed by atoms with Gasteiger partial charge in [0.1, 0.15) is 0 Å². The van der Waals surface area contributed by atoms with Gasteiger partial charge in [0, 0.05) is 5.92 Å². The van der Waals surface area contributed by atoms with E-state index in [4.69, 9.17) is 0 Å². The molecule has 17 heavy (non-hydrogen) atoms. The second kappa shape index (κ2) is 4.60. The molecule has 2 aliphatic carbocycles. The zero-order valence-electron chi connectivity index (χ0n) is 11.2. The molecule has 0 aromatic rings. The Morgan fingerprint density at radius 3 is 2.47 bits per heavy atom. The van der Waals surface area contributed by atoms with Gasteiger partial charge in [-0.25, -0.2) is 0 Å². The fraction of sp³-hybridized carbons (Fsp3) is 0.929. The maximum atomic E-state index is 12.2. The standard InChI is InChI=1S/C14H25NO2/c1-9-6-10(8-14(2,3)7-9)13(17)15-11-4-5-12(11)16/h9-12,16H,4-8H2,1-3H3,(H,15,17)/t9?,10?,11-,12-/m1/s1. The second-order valence-electron chi connectivity index (χ2n) is 6.87. The zero-order valence-corrected chi connectivity index (χ0v) is 11.2. The third kappa shape index (κ3) is 3.01. The summed E-state index contributed by atoms with van der Waals surface area (Å²) in [6.45, 7) is 6.74. The van der Waals surface area contributed by atoms with Crippen LogP contribution in [0.4, 0.5) is 0 Å². The lowest BCUT2D eigenvalue weighted by molar-refractivity contribution is -0.130. The van der Waals surface area contributed by atoms with Crippen LogP contribution in [0, 0.1) is 17.3 Å². The third-order valence-corrected chi connectivity index (χ3v) is 4.32. The molecule has 3 heteroatoms. The van der Waals surface area contributed by atoms with E-state index in [1.807, 2.05) is 0 Å². The summed E-state index contributed by atoms with van der Waals surface area (Å²) in [5.41, 5.74) is 0.276. The van der Waals surface area contributed by atoms with Gasteiger partial charge in [-0.1, -0.05) is 20.8 Å². The first-order chi connectivity index (χ1) is 7.87. The summed E-state index contributed by atoms with van der Waals surface area (Å²) >= 11 is 0. The van der Waals surface area contributed by atoms with E-state index in [1.165, 1.54) is 6.42 Å². The molecule has 3 nitrogen and oxygen atoms in total. The molecule has 2 unspecified atom stereocenters. The Morgan fingerprint density at radius 2 is 2.00 bits per heavy atom. The molecule has 1 amide bonds. The predicted molar refractivity (Wildman–Crippen MR) is 67.5 cm³/mol. The van der Waals surface area contributed by atoms with Gasteiger partial charge in [0.25, 0.3) is 0 Å². The Kier molecular flexibility index (Phi) is 3.48. The monoisotopic (exact) mass is 239 g/mol. The number of carbonyl (C=O) groups is 1. The minimum absolute atomic E-state index is 0.0165. The summed E-state index contributed by atoms with van der Waals surface area (Å²) in [6, 6.07) is 0.0165. The highest BCUT2D eigenvalue weighted by Crippen LogP contribution is 2.41. The first-order valence-electron chi connectivity index (χ1n) is 6.86. The number of hydrogen-bond donors (Lipinski definition) is 2. The highest BCUT2D eigenvalue weighted by atomic mass is 16.3. The molecule has 2 aliphatic rings. The van der Waals surface area contributed by atoms with E-state index < -0.39 is 0 Å². The molecule has 2 saturated carbocycles. The van der Waals surface area contributed by atoms with Gasteiger partial charge >= 0.3 is 0 Å². The lowest BCUT2D eigenvalue weighted by Crippen LogP contribution is -2.52. The molecule has 0 spiro atoms. The van der Waals surface area contributed by atoms with Crippen LogP contribution in [0.2, 0.25) is 0 Å². The van der Waals surface area contributed by atoms with Crippen LogP contribution in [-0.2, 0) is 4.79 Å². The smallest absolute Gasteiger partial charge is 0.223 e. The SMILES string of the molecule is CC1CC(C(=O)N[C@@H]2CC[C@H]2O)CC(C)(C)C1. The zero-order chi connectivity index (χ0) is 12.6. The van der Waals surface area contributed by atoms with Gasteiger partial charge in [-0.2, -0.15) is 0 Å². The van der Waals surface area contributed by atoms with Gasteiger partial charge < -0.3 is 10.4 Å². The third-order valence-electron chi connectivity index (χ3n) is 4.32. The van der Waals surface area contributed by atoms with Gasteiger partial charge in [0.2, 0.25) is 5.91 Å². The lowest BCUT2D eigenvalue weighted by Gasteiger charge is -2.40. The Hall–Kier alpha value is -0.570. The average molecular weight is 239 g/mol. The van der Waals surface area contributed by atoms with Crippen molar-refractivity contribution >= 4 is 5.91 Å². The quantitative estimate of drug-likeness (QED) is 0.775. The van der Waals surface area contributed by atoms with Crippen LogP contribution in [0.15, 0.2) is 0 Å². The number of amides is 1. The summed E-state index contributed by atoms with van der Waals surface area (Å²) in [5.74, 6) is 0.927. The molecule has 0 aromatic heterocycles. The van der Waals surface area contributed by atoms with Gasteiger partial charge in [-0.15, -0.1) is 0 Å². The number of aliphatic hydroxyl groups is 1. The molecule has 0 saturated heterocycles. The second-order valence-corrected chi connectivity index (χ2v) is 6.87. The molecular formula is C14H25NO2. The van der Waals surface area contributed by atoms with Crippen LogP contribution in [-0.4, -0.2) is 23.2 Å². The molecule has 0 bridgehead atoms. The van der Waals surface area contributed by atoms with Crippen molar-refractivity contribution in [3.05, 3.63) is 0 Å². The van der Waals surface area contributed by atoms with Crippen molar-refractivity contribution in [1.82, 2.24) is 5.32 Å². The van der Waals surface area contributed by atoms with E-state index in [9.17, 15) is 9.90 Å². The molecule has 0 heterocycles. The van der Waals surface area contributed by atoms with Gasteiger partial charge in [0.05, 0.1) is 12.1 Å². The van der Waals surface area contributed by atoms with Crippen LogP contribution in [0.1, 0.15) is 52.9 Å². The summed E-state index contributed by atoms with van der Waals surface area (Å²) in [4.78, 5) is 12.2. The lowest BCUT2D eigenvalue weighted by atomic mass is 9.67. The highest BCUT2D eigenvalue weighted by Gasteiger charge is 2.38. The minimum atomic E-state index is -0.312. The van der Waals surface area contributed by atoms with Crippen molar-refractivity contribution in [2.24, 2.45) is 17.3 Å². The number of carbonyl (C=O) groups excluding carboxylic acids is 1. The maximum Gasteiger partial charge on any atom is 0.223 e. The van der Waals surface area contributed by atoms with Crippen LogP contribution in [0.5, 0.6) is 0 Å². The number of aliphatic hydroxyl groups excluding tert-OH is 1. The van der Waals surface area contributed by atoms with Gasteiger partial charge in [-0.05, 0) is 43.4 Å². The summed E-state index contributed by atoms with van der Waals surface area (Å²) in [7, 11) is 0. The van der Waals surface area contributed by atoms with Crippen LogP contribution in [0.3, 0.4) is 0 Å². The van der Waals surface area contributed by atoms with Crippen molar-refractivity contribution in [3.8, 4) is 0 Å². The fourth-order valence-electron chi connectivity index (χ4n) is 3.50. The van der Waals surface area contributed by atoms with E-state index >= 15 is 0 Å². The van der Waals surface area contributed by atoms with Gasteiger partial charge in [0.15, 0.2) is 0 Å². The van der Waals surface area contributed by atoms with Crippen LogP contribution < -0.4 is 5.32 Å². The summed E-state index contributed by atoms with van der Waals surface area (Å²) in [5, 5.41) is 12.5. The Morgan fingerprint density at radius 1 is 1.29 bits per heavy atom. The normalized spacial score (nSPS) is 40.5. The van der Waals surface area contributed by atoms with Crippen molar-refractivity contribution < 1.29 is 9.90 Å². The predicted octanol–water partition coefficient (Wildman–Crippen LogP) is 2.09. The molecule has 2 rings (SSSR count). The van der Waals surface area contributed by atoms with Crippen LogP contribution >= 0.6 is 0 Å². The fourth-order valence-corrected chi connectivity index (χ4v) is 3.50. The molecule has 0 aliphatic heterocycles. The summed E-state index contributed by atoms with van der Waals surface area (Å²) < 4.78 is 0. The van der Waals surface area contributed by atoms with E-state index in [-0.39, 0.29) is 29.4 Å². The Balaban J connectivity index is 1.90. The number of rotatable bonds is 2.